The molecule has 1 fully saturated rings. The first-order chi connectivity index (χ1) is 9.87. The number of carbonyl (C=O) groups excluding carboxylic acids is 1. The van der Waals surface area contributed by atoms with Crippen LogP contribution in [0.1, 0.15) is 31.7 Å². The van der Waals surface area contributed by atoms with Gasteiger partial charge in [0, 0.05) is 25.3 Å². The summed E-state index contributed by atoms with van der Waals surface area (Å²) in [5.41, 5.74) is 1.94. The van der Waals surface area contributed by atoms with Gasteiger partial charge in [0.1, 0.15) is 0 Å². The van der Waals surface area contributed by atoms with E-state index in [1.54, 1.807) is 0 Å². The van der Waals surface area contributed by atoms with Crippen molar-refractivity contribution in [2.45, 2.75) is 46.3 Å². The van der Waals surface area contributed by atoms with Crippen molar-refractivity contribution in [3.05, 3.63) is 17.5 Å². The monoisotopic (exact) mass is 294 g/mol. The van der Waals surface area contributed by atoms with E-state index in [9.17, 15) is 4.79 Å². The summed E-state index contributed by atoms with van der Waals surface area (Å²) in [6.07, 6.45) is 0.876. The lowest BCUT2D eigenvalue weighted by Gasteiger charge is -2.38. The van der Waals surface area contributed by atoms with Crippen molar-refractivity contribution in [2.24, 2.45) is 0 Å². The van der Waals surface area contributed by atoms with Crippen molar-refractivity contribution in [1.82, 2.24) is 20.0 Å². The Labute approximate surface area is 126 Å². The minimum Gasteiger partial charge on any atom is -0.372 e. The third-order valence-corrected chi connectivity index (χ3v) is 3.64. The minimum atomic E-state index is -0.251. The van der Waals surface area contributed by atoms with Crippen LogP contribution in [0.25, 0.3) is 0 Å². The Morgan fingerprint density at radius 3 is 2.86 bits per heavy atom. The van der Waals surface area contributed by atoms with Gasteiger partial charge in [0.25, 0.3) is 0 Å². The van der Waals surface area contributed by atoms with E-state index in [4.69, 9.17) is 4.74 Å². The molecule has 0 atom stereocenters. The number of ether oxygens (including phenoxy) is 1. The Bertz CT molecular complexity index is 496. The number of amides is 2. The number of hydrogen-bond acceptors (Lipinski definition) is 3. The number of hydrogen-bond donors (Lipinski definition) is 1. The van der Waals surface area contributed by atoms with Gasteiger partial charge in [0.15, 0.2) is 0 Å². The summed E-state index contributed by atoms with van der Waals surface area (Å²) in [7, 11) is 0. The fraction of sp³-hybridized carbons (Fsp3) is 0.733. The van der Waals surface area contributed by atoms with Crippen LogP contribution >= 0.6 is 0 Å². The van der Waals surface area contributed by atoms with Gasteiger partial charge in [0.2, 0.25) is 0 Å². The Morgan fingerprint density at radius 2 is 2.24 bits per heavy atom. The molecule has 2 rings (SSSR count). The van der Waals surface area contributed by atoms with Gasteiger partial charge in [-0.05, 0) is 40.2 Å². The predicted octanol–water partition coefficient (Wildman–Crippen LogP) is 1.71. The number of nitrogens with zero attached hydrogens (tertiary/aromatic N) is 3. The molecule has 21 heavy (non-hydrogen) atoms. The lowest BCUT2D eigenvalue weighted by atomic mass is 10.1. The van der Waals surface area contributed by atoms with Crippen LogP contribution in [0, 0.1) is 13.8 Å². The second-order valence-electron chi connectivity index (χ2n) is 6.27. The van der Waals surface area contributed by atoms with E-state index in [1.807, 2.05) is 37.3 Å². The third-order valence-electron chi connectivity index (χ3n) is 3.64. The molecule has 1 aliphatic heterocycles. The molecule has 6 heteroatoms. The van der Waals surface area contributed by atoms with E-state index in [2.05, 4.69) is 16.5 Å². The molecule has 2 heterocycles. The van der Waals surface area contributed by atoms with Crippen LogP contribution in [0.2, 0.25) is 0 Å². The highest BCUT2D eigenvalue weighted by atomic mass is 16.5. The zero-order valence-electron chi connectivity index (χ0n) is 13.5. The summed E-state index contributed by atoms with van der Waals surface area (Å²) in [4.78, 5) is 13.9. The van der Waals surface area contributed by atoms with Crippen LogP contribution in [0.5, 0.6) is 0 Å². The molecule has 0 aromatic carbocycles. The molecule has 1 aliphatic rings. The van der Waals surface area contributed by atoms with Crippen molar-refractivity contribution >= 4 is 6.03 Å². The van der Waals surface area contributed by atoms with Gasteiger partial charge in [0.05, 0.1) is 24.4 Å². The van der Waals surface area contributed by atoms with Gasteiger partial charge in [-0.25, -0.2) is 4.79 Å². The number of urea groups is 1. The predicted molar refractivity (Wildman–Crippen MR) is 81.3 cm³/mol. The Balaban J connectivity index is 1.71. The summed E-state index contributed by atoms with van der Waals surface area (Å²) in [5.74, 6) is 0. The number of nitrogens with one attached hydrogen (secondary N) is 1. The van der Waals surface area contributed by atoms with Crippen molar-refractivity contribution in [2.75, 3.05) is 26.2 Å². The van der Waals surface area contributed by atoms with E-state index < -0.39 is 0 Å². The molecule has 0 radical (unpaired) electrons. The maximum atomic E-state index is 12.1. The molecule has 1 aromatic rings. The molecule has 2 amide bonds. The van der Waals surface area contributed by atoms with Crippen LogP contribution in [-0.4, -0.2) is 52.6 Å². The molecular formula is C15H26N4O2. The molecule has 6 nitrogen and oxygen atoms in total. The molecule has 0 aliphatic carbocycles. The summed E-state index contributed by atoms with van der Waals surface area (Å²) in [6.45, 7) is 11.4. The lowest BCUT2D eigenvalue weighted by molar-refractivity contribution is -0.0733. The van der Waals surface area contributed by atoms with Crippen molar-refractivity contribution in [1.29, 1.82) is 0 Å². The first kappa shape index (κ1) is 15.8. The van der Waals surface area contributed by atoms with Crippen molar-refractivity contribution < 1.29 is 9.53 Å². The van der Waals surface area contributed by atoms with Gasteiger partial charge < -0.3 is 15.0 Å². The first-order valence-corrected chi connectivity index (χ1v) is 7.55. The molecule has 0 saturated carbocycles. The van der Waals surface area contributed by atoms with E-state index >= 15 is 0 Å². The van der Waals surface area contributed by atoms with E-state index in [1.165, 1.54) is 0 Å². The van der Waals surface area contributed by atoms with Gasteiger partial charge in [-0.1, -0.05) is 0 Å². The van der Waals surface area contributed by atoms with Crippen LogP contribution in [-0.2, 0) is 11.3 Å². The first-order valence-electron chi connectivity index (χ1n) is 7.55. The Kier molecular flexibility index (Phi) is 4.88. The maximum Gasteiger partial charge on any atom is 0.317 e. The molecule has 0 bridgehead atoms. The molecule has 1 aromatic heterocycles. The summed E-state index contributed by atoms with van der Waals surface area (Å²) < 4.78 is 7.60. The highest BCUT2D eigenvalue weighted by Crippen LogP contribution is 2.16. The Hall–Kier alpha value is -1.56. The number of morpholine rings is 1. The van der Waals surface area contributed by atoms with Crippen LogP contribution in [0.15, 0.2) is 6.07 Å². The van der Waals surface area contributed by atoms with Crippen LogP contribution in [0.4, 0.5) is 4.79 Å². The fourth-order valence-corrected chi connectivity index (χ4v) is 2.63. The topological polar surface area (TPSA) is 59.4 Å². The zero-order valence-corrected chi connectivity index (χ0v) is 13.5. The average molecular weight is 294 g/mol. The minimum absolute atomic E-state index is 0.000238. The van der Waals surface area contributed by atoms with Crippen molar-refractivity contribution in [3.8, 4) is 0 Å². The number of aryl methyl sites for hydroxylation is 3. The van der Waals surface area contributed by atoms with E-state index in [0.29, 0.717) is 26.2 Å². The van der Waals surface area contributed by atoms with E-state index in [-0.39, 0.29) is 11.6 Å². The highest BCUT2D eigenvalue weighted by Gasteiger charge is 2.29. The van der Waals surface area contributed by atoms with Gasteiger partial charge in [-0.2, -0.15) is 5.10 Å². The fourth-order valence-electron chi connectivity index (χ4n) is 2.63. The zero-order chi connectivity index (χ0) is 15.5. The number of carbonyl (C=O) groups is 1. The Morgan fingerprint density at radius 1 is 1.48 bits per heavy atom. The number of aromatic nitrogens is 2. The average Bonchev–Trinajstić information content (AvgIpc) is 2.71. The quantitative estimate of drug-likeness (QED) is 0.860. The SMILES string of the molecule is Cc1cc(C)n(CCCNC(=O)N2CCOC(C)(C)C2)n1. The van der Waals surface area contributed by atoms with Crippen LogP contribution < -0.4 is 5.32 Å². The van der Waals surface area contributed by atoms with E-state index in [0.717, 1.165) is 24.4 Å². The third kappa shape index (κ3) is 4.46. The summed E-state index contributed by atoms with van der Waals surface area (Å²) in [6, 6.07) is 2.06. The molecule has 118 valence electrons. The normalized spacial score (nSPS) is 17.8. The standard InChI is InChI=1S/C15H26N4O2/c1-12-10-13(2)19(17-12)7-5-6-16-14(20)18-8-9-21-15(3,4)11-18/h10H,5-9,11H2,1-4H3,(H,16,20). The lowest BCUT2D eigenvalue weighted by Crippen LogP contribution is -2.53. The largest absolute Gasteiger partial charge is 0.372 e. The maximum absolute atomic E-state index is 12.1. The van der Waals surface area contributed by atoms with Gasteiger partial charge in [-0.3, -0.25) is 4.68 Å². The molecule has 1 saturated heterocycles. The smallest absolute Gasteiger partial charge is 0.317 e. The molecule has 1 N–H and O–H groups in total. The van der Waals surface area contributed by atoms with Gasteiger partial charge >= 0.3 is 6.03 Å². The summed E-state index contributed by atoms with van der Waals surface area (Å²) >= 11 is 0. The molecular weight excluding hydrogens is 268 g/mol. The van der Waals surface area contributed by atoms with Gasteiger partial charge in [-0.15, -0.1) is 0 Å². The second-order valence-corrected chi connectivity index (χ2v) is 6.27. The van der Waals surface area contributed by atoms with Crippen LogP contribution in [0.3, 0.4) is 0 Å². The van der Waals surface area contributed by atoms with Crippen molar-refractivity contribution in [3.63, 3.8) is 0 Å². The summed E-state index contributed by atoms with van der Waals surface area (Å²) in [5, 5.41) is 7.39. The highest BCUT2D eigenvalue weighted by molar-refractivity contribution is 5.74. The number of rotatable bonds is 4. The molecule has 0 spiro atoms. The molecule has 0 unspecified atom stereocenters. The second kappa shape index (κ2) is 6.47.